The van der Waals surface area contributed by atoms with E-state index in [1.807, 2.05) is 48.8 Å². The van der Waals surface area contributed by atoms with Crippen LogP contribution in [0, 0.1) is 12.7 Å². The van der Waals surface area contributed by atoms with E-state index in [4.69, 9.17) is 4.98 Å². The van der Waals surface area contributed by atoms with Gasteiger partial charge >= 0.3 is 0 Å². The lowest BCUT2D eigenvalue weighted by Gasteiger charge is -2.34. The van der Waals surface area contributed by atoms with Crippen LogP contribution < -0.4 is 10.2 Å². The summed E-state index contributed by atoms with van der Waals surface area (Å²) < 4.78 is 15.0. The standard InChI is InChI=1S/C24H28FN5O/c1-16-23-22(29(3)17(2)24(31)28-23)13-21(27-16)11-8-19-14-26-30(15-19)12-4-5-18-6-9-20(25)10-7-18/h6-7,9-10,13-15,17H,4-5,8,11-12H2,1-3H3,(H,28,31)/t17-/m0/s1. The van der Waals surface area contributed by atoms with Crippen LogP contribution >= 0.6 is 0 Å². The van der Waals surface area contributed by atoms with Crippen LogP contribution in [0.15, 0.2) is 42.7 Å². The predicted octanol–water partition coefficient (Wildman–Crippen LogP) is 3.92. The summed E-state index contributed by atoms with van der Waals surface area (Å²) in [4.78, 5) is 18.8. The predicted molar refractivity (Wildman–Crippen MR) is 120 cm³/mol. The average molecular weight is 422 g/mol. The molecule has 31 heavy (non-hydrogen) atoms. The van der Waals surface area contributed by atoms with Gasteiger partial charge in [0.1, 0.15) is 11.9 Å². The second-order valence-electron chi connectivity index (χ2n) is 8.21. The van der Waals surface area contributed by atoms with Crippen LogP contribution in [0.2, 0.25) is 0 Å². The number of nitrogens with zero attached hydrogens (tertiary/aromatic N) is 4. The van der Waals surface area contributed by atoms with Crippen molar-refractivity contribution < 1.29 is 9.18 Å². The zero-order valence-corrected chi connectivity index (χ0v) is 18.2. The molecule has 1 amide bonds. The van der Waals surface area contributed by atoms with E-state index < -0.39 is 0 Å². The molecule has 3 heterocycles. The number of fused-ring (bicyclic) bond motifs is 1. The van der Waals surface area contributed by atoms with Gasteiger partial charge in [0.15, 0.2) is 0 Å². The first-order chi connectivity index (χ1) is 14.9. The number of hydrogen-bond acceptors (Lipinski definition) is 4. The average Bonchev–Trinajstić information content (AvgIpc) is 3.21. The summed E-state index contributed by atoms with van der Waals surface area (Å²) in [5.74, 6) is -0.200. The van der Waals surface area contributed by atoms with Crippen LogP contribution in [0.5, 0.6) is 0 Å². The molecule has 0 saturated carbocycles. The largest absolute Gasteiger partial charge is 0.361 e. The Hall–Kier alpha value is -3.22. The minimum absolute atomic E-state index is 0.000470. The number of amides is 1. The molecule has 1 aliphatic rings. The SMILES string of the molecule is Cc1nc(CCc2cnn(CCCc3ccc(F)cc3)c2)cc2c1NC(=O)[C@H](C)N2C. The van der Waals surface area contributed by atoms with Crippen molar-refractivity contribution in [3.05, 3.63) is 71.1 Å². The minimum Gasteiger partial charge on any atom is -0.361 e. The topological polar surface area (TPSA) is 63.1 Å². The molecule has 4 rings (SSSR count). The molecule has 7 heteroatoms. The van der Waals surface area contributed by atoms with E-state index in [1.165, 1.54) is 17.7 Å². The number of carbonyl (C=O) groups is 1. The Labute approximate surface area is 182 Å². The molecule has 0 fully saturated rings. The van der Waals surface area contributed by atoms with Crippen molar-refractivity contribution in [2.24, 2.45) is 0 Å². The molecule has 0 unspecified atom stereocenters. The number of anilines is 2. The molecule has 2 aromatic heterocycles. The molecule has 0 spiro atoms. The monoisotopic (exact) mass is 421 g/mol. The Morgan fingerprint density at radius 3 is 2.68 bits per heavy atom. The summed E-state index contributed by atoms with van der Waals surface area (Å²) in [5, 5.41) is 7.44. The molecule has 1 aliphatic heterocycles. The normalized spacial score (nSPS) is 15.7. The second kappa shape index (κ2) is 8.88. The van der Waals surface area contributed by atoms with Crippen LogP contribution in [-0.4, -0.2) is 33.8 Å². The first-order valence-electron chi connectivity index (χ1n) is 10.7. The highest BCUT2D eigenvalue weighted by atomic mass is 19.1. The van der Waals surface area contributed by atoms with E-state index in [2.05, 4.69) is 22.7 Å². The summed E-state index contributed by atoms with van der Waals surface area (Å²) in [6.45, 7) is 4.67. The highest BCUT2D eigenvalue weighted by molar-refractivity contribution is 6.03. The molecule has 3 aromatic rings. The molecule has 0 radical (unpaired) electrons. The maximum atomic E-state index is 13.0. The quantitative estimate of drug-likeness (QED) is 0.628. The lowest BCUT2D eigenvalue weighted by molar-refractivity contribution is -0.117. The van der Waals surface area contributed by atoms with Gasteiger partial charge in [-0.15, -0.1) is 0 Å². The lowest BCUT2D eigenvalue weighted by Crippen LogP contribution is -2.44. The summed E-state index contributed by atoms with van der Waals surface area (Å²) >= 11 is 0. The van der Waals surface area contributed by atoms with Gasteiger partial charge in [-0.05, 0) is 68.9 Å². The van der Waals surface area contributed by atoms with Crippen molar-refractivity contribution in [1.29, 1.82) is 0 Å². The summed E-state index contributed by atoms with van der Waals surface area (Å²) in [7, 11) is 1.95. The molecule has 1 aromatic carbocycles. The fourth-order valence-corrected chi connectivity index (χ4v) is 3.92. The van der Waals surface area contributed by atoms with E-state index in [1.54, 1.807) is 0 Å². The Morgan fingerprint density at radius 1 is 1.13 bits per heavy atom. The van der Waals surface area contributed by atoms with Gasteiger partial charge in [-0.25, -0.2) is 4.39 Å². The maximum absolute atomic E-state index is 13.0. The van der Waals surface area contributed by atoms with E-state index in [0.29, 0.717) is 0 Å². The van der Waals surface area contributed by atoms with Crippen molar-refractivity contribution in [2.45, 2.75) is 52.1 Å². The first kappa shape index (κ1) is 21.0. The van der Waals surface area contributed by atoms with Crippen LogP contribution in [0.1, 0.15) is 35.9 Å². The lowest BCUT2D eigenvalue weighted by atomic mass is 10.1. The van der Waals surface area contributed by atoms with Crippen LogP contribution in [0.25, 0.3) is 0 Å². The van der Waals surface area contributed by atoms with Crippen molar-refractivity contribution in [1.82, 2.24) is 14.8 Å². The number of rotatable bonds is 7. The Morgan fingerprint density at radius 2 is 1.90 bits per heavy atom. The fourth-order valence-electron chi connectivity index (χ4n) is 3.92. The molecule has 1 atom stereocenters. The Balaban J connectivity index is 1.34. The van der Waals surface area contributed by atoms with Crippen molar-refractivity contribution in [3.63, 3.8) is 0 Å². The minimum atomic E-state index is -0.199. The van der Waals surface area contributed by atoms with E-state index in [0.717, 1.165) is 60.6 Å². The number of benzene rings is 1. The third kappa shape index (κ3) is 4.76. The summed E-state index contributed by atoms with van der Waals surface area (Å²) in [6, 6.07) is 8.55. The first-order valence-corrected chi connectivity index (χ1v) is 10.7. The zero-order chi connectivity index (χ0) is 22.0. The molecular formula is C24H28FN5O. The fraction of sp³-hybridized carbons (Fsp3) is 0.375. The van der Waals surface area contributed by atoms with Crippen molar-refractivity contribution in [3.8, 4) is 0 Å². The maximum Gasteiger partial charge on any atom is 0.246 e. The molecule has 0 saturated heterocycles. The number of aryl methyl sites for hydroxylation is 5. The Bertz CT molecular complexity index is 1080. The number of nitrogens with one attached hydrogen (secondary N) is 1. The third-order valence-electron chi connectivity index (χ3n) is 5.94. The van der Waals surface area contributed by atoms with Crippen LogP contribution in [0.3, 0.4) is 0 Å². The van der Waals surface area contributed by atoms with Gasteiger partial charge in [0.25, 0.3) is 0 Å². The van der Waals surface area contributed by atoms with Gasteiger partial charge in [-0.1, -0.05) is 12.1 Å². The third-order valence-corrected chi connectivity index (χ3v) is 5.94. The second-order valence-corrected chi connectivity index (χ2v) is 8.21. The summed E-state index contributed by atoms with van der Waals surface area (Å²) in [5.41, 5.74) is 5.99. The van der Waals surface area contributed by atoms with Gasteiger partial charge in [0.05, 0.1) is 23.3 Å². The highest BCUT2D eigenvalue weighted by Crippen LogP contribution is 2.33. The van der Waals surface area contributed by atoms with Gasteiger partial charge in [0, 0.05) is 25.5 Å². The summed E-state index contributed by atoms with van der Waals surface area (Å²) in [6.07, 6.45) is 7.52. The molecular weight excluding hydrogens is 393 g/mol. The highest BCUT2D eigenvalue weighted by Gasteiger charge is 2.28. The molecule has 0 aliphatic carbocycles. The van der Waals surface area contributed by atoms with Gasteiger partial charge < -0.3 is 10.2 Å². The number of pyridine rings is 1. The van der Waals surface area contributed by atoms with Crippen LogP contribution in [-0.2, 0) is 30.6 Å². The zero-order valence-electron chi connectivity index (χ0n) is 18.2. The number of hydrogen-bond donors (Lipinski definition) is 1. The van der Waals surface area contributed by atoms with Gasteiger partial charge in [0.2, 0.25) is 5.91 Å². The van der Waals surface area contributed by atoms with E-state index in [9.17, 15) is 9.18 Å². The number of aromatic nitrogens is 3. The van der Waals surface area contributed by atoms with Crippen molar-refractivity contribution >= 4 is 17.3 Å². The smallest absolute Gasteiger partial charge is 0.246 e. The van der Waals surface area contributed by atoms with E-state index >= 15 is 0 Å². The van der Waals surface area contributed by atoms with E-state index in [-0.39, 0.29) is 17.8 Å². The Kier molecular flexibility index (Phi) is 6.02. The molecule has 6 nitrogen and oxygen atoms in total. The molecule has 0 bridgehead atoms. The number of likely N-dealkylation sites (N-methyl/N-ethyl adjacent to an activating group) is 1. The van der Waals surface area contributed by atoms with Gasteiger partial charge in [-0.3, -0.25) is 14.5 Å². The number of halogens is 1. The molecule has 162 valence electrons. The number of carbonyl (C=O) groups excluding carboxylic acids is 1. The van der Waals surface area contributed by atoms with Crippen LogP contribution in [0.4, 0.5) is 15.8 Å². The van der Waals surface area contributed by atoms with Gasteiger partial charge in [-0.2, -0.15) is 5.10 Å². The molecule has 1 N–H and O–H groups in total. The van der Waals surface area contributed by atoms with Crippen molar-refractivity contribution in [2.75, 3.05) is 17.3 Å².